The second-order valence-corrected chi connectivity index (χ2v) is 8.32. The van der Waals surface area contributed by atoms with Gasteiger partial charge in [-0.1, -0.05) is 12.1 Å². The number of likely N-dealkylation sites (tertiary alicyclic amines) is 1. The molecule has 0 N–H and O–H groups in total. The molecule has 1 aliphatic carbocycles. The van der Waals surface area contributed by atoms with Crippen molar-refractivity contribution in [3.8, 4) is 17.2 Å². The van der Waals surface area contributed by atoms with Crippen LogP contribution in [0, 0.1) is 5.92 Å². The lowest BCUT2D eigenvalue weighted by atomic mass is 9.84. The van der Waals surface area contributed by atoms with Crippen molar-refractivity contribution < 1.29 is 23.5 Å². The number of nitrogens with zero attached hydrogens (tertiary/aromatic N) is 2. The van der Waals surface area contributed by atoms with E-state index in [1.165, 1.54) is 5.56 Å². The number of benzene rings is 1. The molecule has 2 atom stereocenters. The molecular weight excluding hydrogens is 384 g/mol. The highest BCUT2D eigenvalue weighted by Gasteiger charge is 2.33. The van der Waals surface area contributed by atoms with Gasteiger partial charge in [0.25, 0.3) is 5.91 Å². The number of piperidine rings is 1. The van der Waals surface area contributed by atoms with Gasteiger partial charge in [0.1, 0.15) is 5.76 Å². The number of methoxy groups -OCH3 is 3. The Balaban J connectivity index is 1.57. The first-order valence-corrected chi connectivity index (χ1v) is 10.6. The zero-order valence-electron chi connectivity index (χ0n) is 18.2. The average Bonchev–Trinajstić information content (AvgIpc) is 3.20. The molecule has 1 saturated heterocycles. The number of carbonyl (C=O) groups is 1. The van der Waals surface area contributed by atoms with Crippen LogP contribution in [0.4, 0.5) is 0 Å². The molecule has 1 fully saturated rings. The molecule has 1 aliphatic heterocycles. The van der Waals surface area contributed by atoms with Crippen molar-refractivity contribution in [3.63, 3.8) is 0 Å². The minimum Gasteiger partial charge on any atom is -0.493 e. The minimum atomic E-state index is -0.0410. The van der Waals surface area contributed by atoms with Gasteiger partial charge >= 0.3 is 0 Å². The van der Waals surface area contributed by atoms with Crippen molar-refractivity contribution >= 4 is 5.91 Å². The highest BCUT2D eigenvalue weighted by molar-refractivity contribution is 5.95. The van der Waals surface area contributed by atoms with Crippen molar-refractivity contribution in [1.82, 2.24) is 10.1 Å². The van der Waals surface area contributed by atoms with E-state index in [1.807, 2.05) is 4.90 Å². The lowest BCUT2D eigenvalue weighted by molar-refractivity contribution is 0.0696. The number of aromatic nitrogens is 1. The van der Waals surface area contributed by atoms with Gasteiger partial charge in [-0.25, -0.2) is 0 Å². The number of aryl methyl sites for hydroxylation is 1. The van der Waals surface area contributed by atoms with Crippen molar-refractivity contribution in [1.29, 1.82) is 0 Å². The highest BCUT2D eigenvalue weighted by atomic mass is 16.5. The average molecular weight is 415 g/mol. The van der Waals surface area contributed by atoms with E-state index in [0.29, 0.717) is 35.3 Å². The number of rotatable bonds is 5. The molecule has 0 unspecified atom stereocenters. The first-order valence-electron chi connectivity index (χ1n) is 10.6. The predicted molar refractivity (Wildman–Crippen MR) is 112 cm³/mol. The topological polar surface area (TPSA) is 74.0 Å². The first-order chi connectivity index (χ1) is 14.5. The Morgan fingerprint density at radius 2 is 1.87 bits per heavy atom. The van der Waals surface area contributed by atoms with Crippen molar-refractivity contribution in [2.45, 2.75) is 44.9 Å². The van der Waals surface area contributed by atoms with Gasteiger partial charge in [-0.3, -0.25) is 4.79 Å². The van der Waals surface area contributed by atoms with E-state index in [0.717, 1.165) is 50.1 Å². The zero-order valence-corrected chi connectivity index (χ0v) is 18.2. The molecule has 30 heavy (non-hydrogen) atoms. The zero-order chi connectivity index (χ0) is 21.3. The van der Waals surface area contributed by atoms with Gasteiger partial charge in [-0.15, -0.1) is 0 Å². The molecule has 2 aromatic rings. The number of amides is 1. The summed E-state index contributed by atoms with van der Waals surface area (Å²) in [6, 6.07) is 3.43. The molecule has 162 valence electrons. The molecule has 2 heterocycles. The summed E-state index contributed by atoms with van der Waals surface area (Å²) in [5.41, 5.74) is 2.91. The third-order valence-electron chi connectivity index (χ3n) is 6.32. The molecule has 2 aliphatic rings. The second-order valence-electron chi connectivity index (χ2n) is 8.32. The SMILES string of the molecule is COc1cc(C(=O)N2CCC[C@@H](c3onc4c3C[C@@H](C)CC4)C2)cc(OC)c1OC. The number of hydrogen-bond donors (Lipinski definition) is 0. The smallest absolute Gasteiger partial charge is 0.254 e. The molecule has 0 radical (unpaired) electrons. The Kier molecular flexibility index (Phi) is 5.88. The summed E-state index contributed by atoms with van der Waals surface area (Å²) in [6.45, 7) is 3.63. The van der Waals surface area contributed by atoms with E-state index in [1.54, 1.807) is 33.5 Å². The molecule has 0 bridgehead atoms. The van der Waals surface area contributed by atoms with E-state index >= 15 is 0 Å². The Morgan fingerprint density at radius 1 is 1.13 bits per heavy atom. The Hall–Kier alpha value is -2.70. The molecule has 7 nitrogen and oxygen atoms in total. The van der Waals surface area contributed by atoms with Gasteiger partial charge < -0.3 is 23.6 Å². The Labute approximate surface area is 177 Å². The van der Waals surface area contributed by atoms with Crippen LogP contribution in [0.3, 0.4) is 0 Å². The van der Waals surface area contributed by atoms with E-state index in [-0.39, 0.29) is 11.8 Å². The maximum absolute atomic E-state index is 13.3. The fraction of sp³-hybridized carbons (Fsp3) is 0.565. The van der Waals surface area contributed by atoms with Gasteiger partial charge in [-0.05, 0) is 50.2 Å². The third-order valence-corrected chi connectivity index (χ3v) is 6.32. The molecule has 0 spiro atoms. The van der Waals surface area contributed by atoms with Crippen LogP contribution in [0.15, 0.2) is 16.7 Å². The number of fused-ring (bicyclic) bond motifs is 1. The van der Waals surface area contributed by atoms with Gasteiger partial charge in [0.05, 0.1) is 27.0 Å². The van der Waals surface area contributed by atoms with Crippen LogP contribution >= 0.6 is 0 Å². The summed E-state index contributed by atoms with van der Waals surface area (Å²) < 4.78 is 22.0. The monoisotopic (exact) mass is 414 g/mol. The summed E-state index contributed by atoms with van der Waals surface area (Å²) in [4.78, 5) is 15.2. The highest BCUT2D eigenvalue weighted by Crippen LogP contribution is 2.39. The lowest BCUT2D eigenvalue weighted by Gasteiger charge is -2.32. The molecule has 4 rings (SSSR count). The van der Waals surface area contributed by atoms with Crippen LogP contribution in [-0.2, 0) is 12.8 Å². The summed E-state index contributed by atoms with van der Waals surface area (Å²) in [5.74, 6) is 3.22. The summed E-state index contributed by atoms with van der Waals surface area (Å²) >= 11 is 0. The summed E-state index contributed by atoms with van der Waals surface area (Å²) in [7, 11) is 4.66. The number of carbonyl (C=O) groups excluding carboxylic acids is 1. The Morgan fingerprint density at radius 3 is 2.53 bits per heavy atom. The van der Waals surface area contributed by atoms with Crippen LogP contribution < -0.4 is 14.2 Å². The van der Waals surface area contributed by atoms with Gasteiger partial charge in [0.2, 0.25) is 5.75 Å². The second kappa shape index (κ2) is 8.58. The maximum atomic E-state index is 13.3. The molecular formula is C23H30N2O5. The molecule has 7 heteroatoms. The number of hydrogen-bond acceptors (Lipinski definition) is 6. The summed E-state index contributed by atoms with van der Waals surface area (Å²) in [6.07, 6.45) is 5.11. The molecule has 1 aromatic carbocycles. The molecule has 1 amide bonds. The van der Waals surface area contributed by atoms with E-state index in [4.69, 9.17) is 18.7 Å². The van der Waals surface area contributed by atoms with Gasteiger partial charge in [-0.2, -0.15) is 0 Å². The van der Waals surface area contributed by atoms with Crippen molar-refractivity contribution in [2.24, 2.45) is 5.92 Å². The van der Waals surface area contributed by atoms with Gasteiger partial charge in [0, 0.05) is 30.1 Å². The van der Waals surface area contributed by atoms with Crippen LogP contribution in [0.1, 0.15) is 59.5 Å². The van der Waals surface area contributed by atoms with Crippen LogP contribution in [0.2, 0.25) is 0 Å². The Bertz CT molecular complexity index is 897. The maximum Gasteiger partial charge on any atom is 0.254 e. The molecule has 1 aromatic heterocycles. The first kappa shape index (κ1) is 20.6. The summed E-state index contributed by atoms with van der Waals surface area (Å²) in [5, 5.41) is 4.33. The van der Waals surface area contributed by atoms with Crippen LogP contribution in [0.5, 0.6) is 17.2 Å². The largest absolute Gasteiger partial charge is 0.493 e. The van der Waals surface area contributed by atoms with E-state index in [9.17, 15) is 4.79 Å². The van der Waals surface area contributed by atoms with Crippen LogP contribution in [0.25, 0.3) is 0 Å². The minimum absolute atomic E-state index is 0.0410. The third kappa shape index (κ3) is 3.73. The van der Waals surface area contributed by atoms with Crippen LogP contribution in [-0.4, -0.2) is 50.4 Å². The van der Waals surface area contributed by atoms with E-state index in [2.05, 4.69) is 12.1 Å². The van der Waals surface area contributed by atoms with Crippen molar-refractivity contribution in [3.05, 3.63) is 34.7 Å². The van der Waals surface area contributed by atoms with E-state index < -0.39 is 0 Å². The fourth-order valence-electron chi connectivity index (χ4n) is 4.69. The normalized spacial score (nSPS) is 21.1. The number of ether oxygens (including phenoxy) is 3. The molecule has 0 saturated carbocycles. The fourth-order valence-corrected chi connectivity index (χ4v) is 4.69. The van der Waals surface area contributed by atoms with Crippen molar-refractivity contribution in [2.75, 3.05) is 34.4 Å². The van der Waals surface area contributed by atoms with Gasteiger partial charge in [0.15, 0.2) is 11.5 Å². The lowest BCUT2D eigenvalue weighted by Crippen LogP contribution is -2.39. The standard InChI is InChI=1S/C23H30N2O5/c1-14-7-8-18-17(10-14)21(30-24-18)15-6-5-9-25(13-15)23(26)16-11-19(27-2)22(29-4)20(12-16)28-3/h11-12,14-15H,5-10,13H2,1-4H3/t14-,15+/m0/s1. The quantitative estimate of drug-likeness (QED) is 0.740. The predicted octanol–water partition coefficient (Wildman–Crippen LogP) is 3.85.